The van der Waals surface area contributed by atoms with Crippen molar-refractivity contribution in [3.05, 3.63) is 46.7 Å². The van der Waals surface area contributed by atoms with Crippen molar-refractivity contribution in [1.29, 1.82) is 0 Å². The number of likely N-dealkylation sites (tertiary alicyclic amines) is 1. The maximum Gasteiger partial charge on any atom is 0.244 e. The highest BCUT2D eigenvalue weighted by Gasteiger charge is 2.40. The van der Waals surface area contributed by atoms with Gasteiger partial charge in [-0.05, 0) is 23.6 Å². The summed E-state index contributed by atoms with van der Waals surface area (Å²) in [4.78, 5) is 3.74. The smallest absolute Gasteiger partial charge is 0.244 e. The van der Waals surface area contributed by atoms with E-state index in [0.717, 1.165) is 13.1 Å². The highest BCUT2D eigenvalue weighted by atomic mass is 32.2. The van der Waals surface area contributed by atoms with Gasteiger partial charge in [-0.1, -0.05) is 18.2 Å². The van der Waals surface area contributed by atoms with Crippen molar-refractivity contribution < 1.29 is 13.2 Å². The van der Waals surface area contributed by atoms with Crippen LogP contribution in [0, 0.1) is 0 Å². The van der Waals surface area contributed by atoms with Crippen LogP contribution in [0.15, 0.2) is 46.7 Å². The Morgan fingerprint density at radius 3 is 2.91 bits per heavy atom. The number of fused-ring (bicyclic) bond motifs is 2. The molecule has 7 heteroatoms. The standard InChI is InChI=1S/C15H16N2O3S2/c18-22(19)15-6-2-1-5-13(15)20-14-10-17(9-12(14)16-22)8-11-4-3-7-21-11/h1-7,12,14,16H,8-10H2/t12-,14+/m1/s1. The van der Waals surface area contributed by atoms with Gasteiger partial charge in [0.05, 0.1) is 6.04 Å². The molecule has 1 N–H and O–H groups in total. The van der Waals surface area contributed by atoms with E-state index < -0.39 is 10.0 Å². The van der Waals surface area contributed by atoms with Crippen LogP contribution in [0.1, 0.15) is 4.88 Å². The van der Waals surface area contributed by atoms with E-state index in [2.05, 4.69) is 21.1 Å². The van der Waals surface area contributed by atoms with Crippen LogP contribution in [-0.2, 0) is 16.6 Å². The van der Waals surface area contributed by atoms with E-state index in [9.17, 15) is 8.42 Å². The van der Waals surface area contributed by atoms with Gasteiger partial charge in [-0.3, -0.25) is 4.90 Å². The Morgan fingerprint density at radius 1 is 1.23 bits per heavy atom. The summed E-state index contributed by atoms with van der Waals surface area (Å²) >= 11 is 1.71. The van der Waals surface area contributed by atoms with E-state index in [4.69, 9.17) is 4.74 Å². The fourth-order valence-corrected chi connectivity index (χ4v) is 5.17. The van der Waals surface area contributed by atoms with Crippen molar-refractivity contribution in [2.75, 3.05) is 13.1 Å². The third-order valence-corrected chi connectivity index (χ3v) is 6.42. The molecule has 4 rings (SSSR count). The van der Waals surface area contributed by atoms with Crippen molar-refractivity contribution in [3.8, 4) is 5.75 Å². The quantitative estimate of drug-likeness (QED) is 0.906. The van der Waals surface area contributed by atoms with Crippen molar-refractivity contribution in [2.45, 2.75) is 23.6 Å². The molecule has 0 radical (unpaired) electrons. The largest absolute Gasteiger partial charge is 0.486 e. The molecule has 1 aromatic heterocycles. The Labute approximate surface area is 133 Å². The summed E-state index contributed by atoms with van der Waals surface area (Å²) in [6.07, 6.45) is -0.154. The van der Waals surface area contributed by atoms with Crippen molar-refractivity contribution in [2.24, 2.45) is 0 Å². The lowest BCUT2D eigenvalue weighted by Crippen LogP contribution is -2.42. The molecule has 1 saturated heterocycles. The number of hydrogen-bond acceptors (Lipinski definition) is 5. The van der Waals surface area contributed by atoms with Gasteiger partial charge in [0.1, 0.15) is 16.7 Å². The highest BCUT2D eigenvalue weighted by molar-refractivity contribution is 7.89. The van der Waals surface area contributed by atoms with E-state index in [1.54, 1.807) is 35.6 Å². The number of sulfonamides is 1. The van der Waals surface area contributed by atoms with Gasteiger partial charge in [0.15, 0.2) is 0 Å². The Kier molecular flexibility index (Phi) is 3.45. The number of hydrogen-bond donors (Lipinski definition) is 1. The predicted molar refractivity (Wildman–Crippen MR) is 84.6 cm³/mol. The average Bonchev–Trinajstić information content (AvgIpc) is 3.08. The maximum absolute atomic E-state index is 12.5. The first-order valence-corrected chi connectivity index (χ1v) is 9.51. The number of thiophene rings is 1. The molecular formula is C15H16N2O3S2. The highest BCUT2D eigenvalue weighted by Crippen LogP contribution is 2.31. The fourth-order valence-electron chi connectivity index (χ4n) is 3.03. The summed E-state index contributed by atoms with van der Waals surface area (Å²) in [5, 5.41) is 2.05. The third kappa shape index (κ3) is 2.54. The molecule has 2 aliphatic heterocycles. The Morgan fingerprint density at radius 2 is 2.09 bits per heavy atom. The molecule has 1 fully saturated rings. The van der Waals surface area contributed by atoms with Gasteiger partial charge < -0.3 is 4.74 Å². The van der Waals surface area contributed by atoms with Crippen LogP contribution in [0.4, 0.5) is 0 Å². The Balaban J connectivity index is 1.59. The zero-order chi connectivity index (χ0) is 15.2. The van der Waals surface area contributed by atoms with Crippen LogP contribution >= 0.6 is 11.3 Å². The van der Waals surface area contributed by atoms with E-state index in [1.807, 2.05) is 6.07 Å². The van der Waals surface area contributed by atoms with Gasteiger partial charge >= 0.3 is 0 Å². The average molecular weight is 336 g/mol. The molecule has 116 valence electrons. The molecule has 0 aliphatic carbocycles. The molecule has 0 spiro atoms. The second kappa shape index (κ2) is 5.34. The number of nitrogens with one attached hydrogen (secondary N) is 1. The maximum atomic E-state index is 12.5. The lowest BCUT2D eigenvalue weighted by molar-refractivity contribution is 0.184. The molecule has 22 heavy (non-hydrogen) atoms. The normalized spacial score (nSPS) is 26.7. The third-order valence-electron chi connectivity index (χ3n) is 4.02. The van der Waals surface area contributed by atoms with E-state index in [0.29, 0.717) is 12.3 Å². The molecule has 5 nitrogen and oxygen atoms in total. The minimum Gasteiger partial charge on any atom is -0.486 e. The molecular weight excluding hydrogens is 320 g/mol. The van der Waals surface area contributed by atoms with Gasteiger partial charge in [0.2, 0.25) is 10.0 Å². The Bertz CT molecular complexity index is 774. The van der Waals surface area contributed by atoms with Crippen LogP contribution in [-0.4, -0.2) is 38.6 Å². The molecule has 1 aromatic carbocycles. The summed E-state index contributed by atoms with van der Waals surface area (Å²) in [6, 6.07) is 10.7. The van der Waals surface area contributed by atoms with Gasteiger partial charge in [-0.2, -0.15) is 0 Å². The summed E-state index contributed by atoms with van der Waals surface area (Å²) in [5.41, 5.74) is 0. The van der Waals surface area contributed by atoms with Crippen LogP contribution in [0.5, 0.6) is 5.75 Å². The van der Waals surface area contributed by atoms with Crippen molar-refractivity contribution >= 4 is 21.4 Å². The van der Waals surface area contributed by atoms with Gasteiger partial charge in [-0.25, -0.2) is 13.1 Å². The molecule has 2 atom stereocenters. The molecule has 2 aromatic rings. The molecule has 3 heterocycles. The Hall–Kier alpha value is -1.41. The predicted octanol–water partition coefficient (Wildman–Crippen LogP) is 1.67. The molecule has 0 bridgehead atoms. The van der Waals surface area contributed by atoms with Crippen LogP contribution in [0.3, 0.4) is 0 Å². The molecule has 2 aliphatic rings. The minimum absolute atomic E-state index is 0.154. The first-order chi connectivity index (χ1) is 10.6. The minimum atomic E-state index is -3.52. The van der Waals surface area contributed by atoms with Crippen LogP contribution in [0.2, 0.25) is 0 Å². The second-order valence-corrected chi connectivity index (χ2v) is 8.32. The first-order valence-electron chi connectivity index (χ1n) is 7.14. The number of nitrogens with zero attached hydrogens (tertiary/aromatic N) is 1. The molecule has 0 amide bonds. The van der Waals surface area contributed by atoms with Gasteiger partial charge in [0.25, 0.3) is 0 Å². The molecule has 0 unspecified atom stereocenters. The van der Waals surface area contributed by atoms with Crippen molar-refractivity contribution in [1.82, 2.24) is 9.62 Å². The van der Waals surface area contributed by atoms with Crippen LogP contribution in [0.25, 0.3) is 0 Å². The summed E-state index contributed by atoms with van der Waals surface area (Å²) in [5.74, 6) is 0.445. The monoisotopic (exact) mass is 336 g/mol. The SMILES string of the molecule is O=S1(=O)N[C@@H]2CN(Cc3cccs3)C[C@@H]2Oc2ccccc21. The number of rotatable bonds is 2. The number of para-hydroxylation sites is 1. The molecule has 0 saturated carbocycles. The summed E-state index contributed by atoms with van der Waals surface area (Å²) in [6.45, 7) is 2.21. The van der Waals surface area contributed by atoms with E-state index in [-0.39, 0.29) is 17.0 Å². The first kappa shape index (κ1) is 14.2. The zero-order valence-electron chi connectivity index (χ0n) is 11.8. The lowest BCUT2D eigenvalue weighted by Gasteiger charge is -2.16. The lowest BCUT2D eigenvalue weighted by atomic mass is 10.2. The second-order valence-electron chi connectivity index (χ2n) is 5.60. The van der Waals surface area contributed by atoms with Crippen molar-refractivity contribution in [3.63, 3.8) is 0 Å². The van der Waals surface area contributed by atoms with Gasteiger partial charge in [0, 0.05) is 24.5 Å². The fraction of sp³-hybridized carbons (Fsp3) is 0.333. The van der Waals surface area contributed by atoms with Gasteiger partial charge in [-0.15, -0.1) is 11.3 Å². The van der Waals surface area contributed by atoms with E-state index >= 15 is 0 Å². The number of benzene rings is 1. The van der Waals surface area contributed by atoms with Crippen LogP contribution < -0.4 is 9.46 Å². The summed E-state index contributed by atoms with van der Waals surface area (Å²) < 4.78 is 33.7. The van der Waals surface area contributed by atoms with E-state index in [1.165, 1.54) is 4.88 Å². The topological polar surface area (TPSA) is 58.6 Å². The summed E-state index contributed by atoms with van der Waals surface area (Å²) in [7, 11) is -3.52. The zero-order valence-corrected chi connectivity index (χ0v) is 13.4. The number of ether oxygens (including phenoxy) is 1.